The number of aliphatic carboxylic acids is 1. The van der Waals surface area contributed by atoms with Crippen molar-refractivity contribution in [2.75, 3.05) is 26.4 Å². The monoisotopic (exact) mass is 1170 g/mol. The van der Waals surface area contributed by atoms with Gasteiger partial charge in [0.15, 0.2) is 12.6 Å². The molecule has 3 aliphatic rings. The summed E-state index contributed by atoms with van der Waals surface area (Å²) in [4.78, 5) is 38.4. The Balaban J connectivity index is 1.67. The van der Waals surface area contributed by atoms with Crippen LogP contribution in [0.5, 0.6) is 0 Å². The average molecular weight is 1170 g/mol. The summed E-state index contributed by atoms with van der Waals surface area (Å²) in [6, 6.07) is -2.61. The molecule has 23 nitrogen and oxygen atoms in total. The first kappa shape index (κ1) is 72.7. The van der Waals surface area contributed by atoms with Gasteiger partial charge in [-0.25, -0.2) is 4.79 Å². The molecular formula is C58H106N2O21. The lowest BCUT2D eigenvalue weighted by Crippen LogP contribution is -2.70. The fourth-order valence-corrected chi connectivity index (χ4v) is 10.8. The van der Waals surface area contributed by atoms with Gasteiger partial charge in [-0.2, -0.15) is 0 Å². The van der Waals surface area contributed by atoms with Gasteiger partial charge in [-0.1, -0.05) is 174 Å². The number of nitrogens with one attached hydrogen (secondary N) is 2. The zero-order valence-corrected chi connectivity index (χ0v) is 48.6. The Morgan fingerprint density at radius 1 is 0.642 bits per heavy atom. The molecule has 0 spiro atoms. The van der Waals surface area contributed by atoms with Gasteiger partial charge < -0.3 is 100 Å². The Labute approximate surface area is 480 Å². The predicted molar refractivity (Wildman–Crippen MR) is 297 cm³/mol. The Morgan fingerprint density at radius 2 is 1.15 bits per heavy atom. The fourth-order valence-electron chi connectivity index (χ4n) is 10.8. The summed E-state index contributed by atoms with van der Waals surface area (Å²) >= 11 is 0. The number of rotatable bonds is 44. The molecule has 0 aromatic carbocycles. The second-order valence-corrected chi connectivity index (χ2v) is 22.6. The van der Waals surface area contributed by atoms with E-state index in [0.717, 1.165) is 51.9 Å². The van der Waals surface area contributed by atoms with Gasteiger partial charge >= 0.3 is 5.97 Å². The first-order valence-electron chi connectivity index (χ1n) is 30.6. The minimum absolute atomic E-state index is 0.204. The third-order valence-electron chi connectivity index (χ3n) is 15.7. The molecular weight excluding hydrogens is 1060 g/mol. The van der Waals surface area contributed by atoms with E-state index < -0.39 is 155 Å². The van der Waals surface area contributed by atoms with Crippen molar-refractivity contribution in [3.63, 3.8) is 0 Å². The highest BCUT2D eigenvalue weighted by Crippen LogP contribution is 2.38. The van der Waals surface area contributed by atoms with Crippen LogP contribution in [0.15, 0.2) is 12.2 Å². The molecule has 0 saturated carbocycles. The molecule has 3 aliphatic heterocycles. The van der Waals surface area contributed by atoms with Crippen LogP contribution < -0.4 is 10.6 Å². The Kier molecular flexibility index (Phi) is 36.6. The number of carboxylic acids is 1. The van der Waals surface area contributed by atoms with Gasteiger partial charge in [-0.3, -0.25) is 9.59 Å². The quantitative estimate of drug-likeness (QED) is 0.0308. The highest BCUT2D eigenvalue weighted by atomic mass is 16.8. The highest BCUT2D eigenvalue weighted by molar-refractivity contribution is 5.77. The third kappa shape index (κ3) is 25.1. The van der Waals surface area contributed by atoms with Gasteiger partial charge in [-0.15, -0.1) is 0 Å². The van der Waals surface area contributed by atoms with E-state index in [4.69, 9.17) is 28.4 Å². The van der Waals surface area contributed by atoms with Crippen LogP contribution in [-0.4, -0.2) is 215 Å². The third-order valence-corrected chi connectivity index (χ3v) is 15.7. The SMILES string of the molecule is CCCCCCCCCCCC/C=C/C(O)C(COC1OC(CO)C(OC2OC(CO)C(O)C(OC3(C(=O)O)CC(O)C(NC(C)=O)C(C(O)C(O)CO)O3)C2O)C(O)C1O)NC(=O)CCCCCCCCCCCCCCCCC. The number of hydrogen-bond donors (Lipinski definition) is 14. The summed E-state index contributed by atoms with van der Waals surface area (Å²) < 4.78 is 34.6. The summed E-state index contributed by atoms with van der Waals surface area (Å²) in [5, 5.41) is 135. The van der Waals surface area contributed by atoms with E-state index in [2.05, 4.69) is 24.5 Å². The maximum atomic E-state index is 13.3. The zero-order chi connectivity index (χ0) is 59.7. The summed E-state index contributed by atoms with van der Waals surface area (Å²) in [7, 11) is 0. The topological polar surface area (TPSA) is 373 Å². The van der Waals surface area contributed by atoms with Crippen LogP contribution in [0.4, 0.5) is 0 Å². The van der Waals surface area contributed by atoms with E-state index in [9.17, 15) is 75.7 Å². The van der Waals surface area contributed by atoms with Crippen LogP contribution >= 0.6 is 0 Å². The van der Waals surface area contributed by atoms with Crippen LogP contribution in [0.25, 0.3) is 0 Å². The van der Waals surface area contributed by atoms with E-state index in [1.165, 1.54) is 109 Å². The molecule has 0 aliphatic carbocycles. The average Bonchev–Trinajstić information content (AvgIpc) is 3.49. The molecule has 3 rings (SSSR count). The van der Waals surface area contributed by atoms with Gasteiger partial charge in [-0.05, 0) is 19.3 Å². The van der Waals surface area contributed by atoms with Crippen LogP contribution in [0.2, 0.25) is 0 Å². The summed E-state index contributed by atoms with van der Waals surface area (Å²) in [5.74, 6) is -6.14. The standard InChI is InChI=1S/C58H106N2O21/c1-4-6-8-10-12-14-16-18-19-20-22-24-26-28-30-32-45(68)60-39(40(65)31-29-27-25-23-21-17-15-13-11-9-7-5-2)37-76-55-50(72)49(71)52(44(36-63)78-55)79-56-51(73)54(48(70)43(35-62)77-56)81-58(57(74)75)33-41(66)46(59-38(3)64)53(80-58)47(69)42(67)34-61/h29,31,39-44,46-56,61-63,65-67,69-73H,4-28,30,32-37H2,1-3H3,(H,59,64)(H,60,68)(H,74,75)/b31-29+. The van der Waals surface area contributed by atoms with E-state index in [1.54, 1.807) is 6.08 Å². The number of carbonyl (C=O) groups excluding carboxylic acids is 2. The molecule has 81 heavy (non-hydrogen) atoms. The van der Waals surface area contributed by atoms with E-state index in [1.807, 2.05) is 6.08 Å². The molecule has 0 bridgehead atoms. The number of aliphatic hydroxyl groups excluding tert-OH is 11. The van der Waals surface area contributed by atoms with Gasteiger partial charge in [0.1, 0.15) is 67.1 Å². The summed E-state index contributed by atoms with van der Waals surface area (Å²) in [5.41, 5.74) is 0. The molecule has 14 N–H and O–H groups in total. The lowest BCUT2D eigenvalue weighted by atomic mass is 9.88. The predicted octanol–water partition coefficient (Wildman–Crippen LogP) is 2.78. The van der Waals surface area contributed by atoms with Crippen molar-refractivity contribution in [1.82, 2.24) is 10.6 Å². The second kappa shape index (κ2) is 40.7. The maximum absolute atomic E-state index is 13.3. The highest BCUT2D eigenvalue weighted by Gasteiger charge is 2.60. The maximum Gasteiger partial charge on any atom is 0.364 e. The van der Waals surface area contributed by atoms with Crippen molar-refractivity contribution in [3.05, 3.63) is 12.2 Å². The van der Waals surface area contributed by atoms with E-state index in [0.29, 0.717) is 12.8 Å². The second-order valence-electron chi connectivity index (χ2n) is 22.6. The van der Waals surface area contributed by atoms with Crippen LogP contribution in [0, 0.1) is 0 Å². The van der Waals surface area contributed by atoms with Crippen molar-refractivity contribution in [3.8, 4) is 0 Å². The van der Waals surface area contributed by atoms with Crippen LogP contribution in [0.3, 0.4) is 0 Å². The molecule has 18 atom stereocenters. The van der Waals surface area contributed by atoms with Crippen molar-refractivity contribution < 1.29 is 104 Å². The van der Waals surface area contributed by atoms with Gasteiger partial charge in [0, 0.05) is 19.8 Å². The molecule has 3 fully saturated rings. The molecule has 474 valence electrons. The van der Waals surface area contributed by atoms with E-state index in [-0.39, 0.29) is 12.3 Å². The molecule has 3 saturated heterocycles. The van der Waals surface area contributed by atoms with Crippen molar-refractivity contribution in [2.24, 2.45) is 0 Å². The molecule has 0 radical (unpaired) electrons. The van der Waals surface area contributed by atoms with E-state index >= 15 is 0 Å². The normalized spacial score (nSPS) is 30.5. The van der Waals surface area contributed by atoms with Crippen molar-refractivity contribution >= 4 is 17.8 Å². The van der Waals surface area contributed by atoms with Crippen molar-refractivity contribution in [1.29, 1.82) is 0 Å². The van der Waals surface area contributed by atoms with Crippen LogP contribution in [0.1, 0.15) is 201 Å². The van der Waals surface area contributed by atoms with Crippen molar-refractivity contribution in [2.45, 2.75) is 310 Å². The fraction of sp³-hybridized carbons (Fsp3) is 0.914. The number of aliphatic hydroxyl groups is 11. The number of amides is 2. The number of hydrogen-bond acceptors (Lipinski definition) is 20. The summed E-state index contributed by atoms with van der Waals surface area (Å²) in [6.07, 6.45) is 4.25. The summed E-state index contributed by atoms with van der Waals surface area (Å²) in [6.45, 7) is 2.09. The lowest BCUT2D eigenvalue weighted by Gasteiger charge is -2.50. The Hall–Kier alpha value is -2.53. The number of unbranched alkanes of at least 4 members (excludes halogenated alkanes) is 24. The Morgan fingerprint density at radius 3 is 1.64 bits per heavy atom. The molecule has 18 unspecified atom stereocenters. The first-order chi connectivity index (χ1) is 38.9. The largest absolute Gasteiger partial charge is 0.477 e. The number of allylic oxidation sites excluding steroid dienone is 1. The van der Waals surface area contributed by atoms with Crippen LogP contribution in [-0.2, 0) is 42.8 Å². The molecule has 23 heteroatoms. The Bertz CT molecular complexity index is 1720. The molecule has 2 amide bonds. The van der Waals surface area contributed by atoms with Gasteiger partial charge in [0.25, 0.3) is 5.79 Å². The molecule has 0 aromatic heterocycles. The molecule has 0 aromatic rings. The minimum atomic E-state index is -3.08. The van der Waals surface area contributed by atoms with Gasteiger partial charge in [0.05, 0.1) is 50.7 Å². The zero-order valence-electron chi connectivity index (χ0n) is 48.6. The smallest absolute Gasteiger partial charge is 0.364 e. The number of ether oxygens (including phenoxy) is 6. The lowest BCUT2D eigenvalue weighted by molar-refractivity contribution is -0.386. The minimum Gasteiger partial charge on any atom is -0.477 e. The number of carbonyl (C=O) groups is 3. The molecule has 3 heterocycles. The van der Waals surface area contributed by atoms with Gasteiger partial charge in [0.2, 0.25) is 11.8 Å². The first-order valence-corrected chi connectivity index (χ1v) is 30.6. The number of carboxylic acid groups (broad SMARTS) is 1.